The fourth-order valence-corrected chi connectivity index (χ4v) is 4.59. The van der Waals surface area contributed by atoms with E-state index in [1.807, 2.05) is 11.3 Å². The number of carbonyl (C=O) groups excluding carboxylic acids is 1. The summed E-state index contributed by atoms with van der Waals surface area (Å²) in [4.78, 5) is 14.1. The molecule has 0 unspecified atom stereocenters. The number of hydrogen-bond donors (Lipinski definition) is 1. The van der Waals surface area contributed by atoms with E-state index in [1.54, 1.807) is 6.92 Å². The average Bonchev–Trinajstić information content (AvgIpc) is 2.85. The highest BCUT2D eigenvalue weighted by Crippen LogP contribution is 2.42. The van der Waals surface area contributed by atoms with Crippen LogP contribution >= 0.6 is 11.3 Å². The van der Waals surface area contributed by atoms with Gasteiger partial charge in [0.05, 0.1) is 12.2 Å². The maximum atomic E-state index is 11.5. The molecule has 1 N–H and O–H groups in total. The summed E-state index contributed by atoms with van der Waals surface area (Å²) in [7, 11) is 0. The van der Waals surface area contributed by atoms with Crippen LogP contribution in [0.3, 0.4) is 0 Å². The van der Waals surface area contributed by atoms with Crippen molar-refractivity contribution in [1.82, 2.24) is 5.32 Å². The summed E-state index contributed by atoms with van der Waals surface area (Å²) in [5.74, 6) is 0.590. The van der Waals surface area contributed by atoms with Gasteiger partial charge in [0.1, 0.15) is 0 Å². The third-order valence-electron chi connectivity index (χ3n) is 4.54. The number of aryl methyl sites for hydroxylation is 1. The normalized spacial score (nSPS) is 33.5. The summed E-state index contributed by atoms with van der Waals surface area (Å²) in [6.07, 6.45) is 6.24. The second-order valence-corrected chi connectivity index (χ2v) is 7.42. The Balaban J connectivity index is 1.79. The van der Waals surface area contributed by atoms with Gasteiger partial charge in [-0.25, -0.2) is 0 Å². The van der Waals surface area contributed by atoms with E-state index in [2.05, 4.69) is 24.4 Å². The van der Waals surface area contributed by atoms with Crippen molar-refractivity contribution in [2.45, 2.75) is 64.2 Å². The smallest absolute Gasteiger partial charge is 0.217 e. The van der Waals surface area contributed by atoms with Crippen LogP contribution in [-0.2, 0) is 9.53 Å². The minimum atomic E-state index is 0.0855. The molecule has 2 heterocycles. The largest absolute Gasteiger partial charge is 0.369 e. The maximum absolute atomic E-state index is 11.5. The highest BCUT2D eigenvalue weighted by Gasteiger charge is 2.40. The predicted molar refractivity (Wildman–Crippen MR) is 80.8 cm³/mol. The molecule has 0 bridgehead atoms. The Morgan fingerprint density at radius 1 is 1.35 bits per heavy atom. The number of carbonyl (C=O) groups is 1. The minimum Gasteiger partial charge on any atom is -0.369 e. The van der Waals surface area contributed by atoms with Gasteiger partial charge in [0.25, 0.3) is 0 Å². The number of thiophene rings is 1. The van der Waals surface area contributed by atoms with Gasteiger partial charge >= 0.3 is 0 Å². The molecular weight excluding hydrogens is 270 g/mol. The van der Waals surface area contributed by atoms with Crippen molar-refractivity contribution in [1.29, 1.82) is 0 Å². The predicted octanol–water partition coefficient (Wildman–Crippen LogP) is 3.58. The van der Waals surface area contributed by atoms with Gasteiger partial charge in [0.15, 0.2) is 0 Å². The van der Waals surface area contributed by atoms with Gasteiger partial charge in [-0.3, -0.25) is 4.79 Å². The molecule has 110 valence electrons. The first-order chi connectivity index (χ1) is 9.63. The molecule has 1 aliphatic heterocycles. The summed E-state index contributed by atoms with van der Waals surface area (Å²) in [5.41, 5.74) is 0. The topological polar surface area (TPSA) is 38.3 Å². The third-order valence-corrected chi connectivity index (χ3v) is 5.64. The molecule has 3 nitrogen and oxygen atoms in total. The van der Waals surface area contributed by atoms with E-state index in [-0.39, 0.29) is 18.1 Å². The first kappa shape index (κ1) is 14.1. The van der Waals surface area contributed by atoms with E-state index >= 15 is 0 Å². The zero-order valence-electron chi connectivity index (χ0n) is 12.2. The summed E-state index contributed by atoms with van der Waals surface area (Å²) in [6.45, 7) is 3.75. The molecule has 1 aromatic heterocycles. The SMILES string of the molecule is CC(=O)N[C@@H]1C[C@H](c2ccc(C)s2)O[C@@H]2CCCC[C@@H]12. The van der Waals surface area contributed by atoms with E-state index in [1.165, 1.54) is 29.0 Å². The fourth-order valence-electron chi connectivity index (χ4n) is 3.66. The van der Waals surface area contributed by atoms with Crippen molar-refractivity contribution in [2.24, 2.45) is 5.92 Å². The van der Waals surface area contributed by atoms with E-state index in [0.717, 1.165) is 12.8 Å². The lowest BCUT2D eigenvalue weighted by Gasteiger charge is -2.44. The first-order valence-corrected chi connectivity index (χ1v) is 8.44. The molecule has 1 aromatic rings. The van der Waals surface area contributed by atoms with Crippen molar-refractivity contribution in [3.63, 3.8) is 0 Å². The standard InChI is InChI=1S/C16H23NO2S/c1-10-7-8-16(20-10)15-9-13(17-11(2)18)12-5-3-4-6-14(12)19-15/h7-8,12-15H,3-6,9H2,1-2H3,(H,17,18)/t12-,13+,14+,15+/m0/s1. The Labute approximate surface area is 124 Å². The van der Waals surface area contributed by atoms with Gasteiger partial charge in [-0.2, -0.15) is 0 Å². The number of nitrogens with one attached hydrogen (secondary N) is 1. The Hall–Kier alpha value is -0.870. The summed E-state index contributed by atoms with van der Waals surface area (Å²) >= 11 is 1.82. The van der Waals surface area contributed by atoms with Crippen LogP contribution in [-0.4, -0.2) is 18.1 Å². The van der Waals surface area contributed by atoms with Crippen LogP contribution in [0.15, 0.2) is 12.1 Å². The molecule has 1 saturated carbocycles. The second kappa shape index (κ2) is 5.86. The van der Waals surface area contributed by atoms with Crippen LogP contribution in [0.25, 0.3) is 0 Å². The summed E-state index contributed by atoms with van der Waals surface area (Å²) < 4.78 is 6.36. The van der Waals surface area contributed by atoms with Crippen molar-refractivity contribution < 1.29 is 9.53 Å². The Kier molecular flexibility index (Phi) is 4.13. The molecule has 0 aromatic carbocycles. The summed E-state index contributed by atoms with van der Waals surface area (Å²) in [5, 5.41) is 3.17. The molecule has 4 atom stereocenters. The van der Waals surface area contributed by atoms with Crippen LogP contribution in [0.5, 0.6) is 0 Å². The zero-order chi connectivity index (χ0) is 14.1. The lowest BCUT2D eigenvalue weighted by atomic mass is 9.77. The maximum Gasteiger partial charge on any atom is 0.217 e. The van der Waals surface area contributed by atoms with Gasteiger partial charge in [0.2, 0.25) is 5.91 Å². The molecule has 1 amide bonds. The number of ether oxygens (including phenoxy) is 1. The van der Waals surface area contributed by atoms with Crippen molar-refractivity contribution in [3.05, 3.63) is 21.9 Å². The molecule has 2 aliphatic rings. The highest BCUT2D eigenvalue weighted by atomic mass is 32.1. The molecule has 0 spiro atoms. The Morgan fingerprint density at radius 2 is 2.15 bits per heavy atom. The molecule has 1 saturated heterocycles. The zero-order valence-corrected chi connectivity index (χ0v) is 13.0. The van der Waals surface area contributed by atoms with Crippen molar-refractivity contribution >= 4 is 17.2 Å². The minimum absolute atomic E-state index is 0.0855. The van der Waals surface area contributed by atoms with E-state index < -0.39 is 0 Å². The molecule has 3 rings (SSSR count). The van der Waals surface area contributed by atoms with Crippen molar-refractivity contribution in [3.8, 4) is 0 Å². The van der Waals surface area contributed by atoms with Gasteiger partial charge in [-0.05, 0) is 38.3 Å². The number of amides is 1. The van der Waals surface area contributed by atoms with Gasteiger partial charge in [-0.15, -0.1) is 11.3 Å². The average molecular weight is 293 g/mol. The monoisotopic (exact) mass is 293 g/mol. The fraction of sp³-hybridized carbons (Fsp3) is 0.688. The quantitative estimate of drug-likeness (QED) is 0.905. The van der Waals surface area contributed by atoms with E-state index in [9.17, 15) is 4.79 Å². The summed E-state index contributed by atoms with van der Waals surface area (Å²) in [6, 6.07) is 4.61. The van der Waals surface area contributed by atoms with Gasteiger partial charge < -0.3 is 10.1 Å². The van der Waals surface area contributed by atoms with Crippen LogP contribution in [0.1, 0.15) is 54.9 Å². The van der Waals surface area contributed by atoms with Crippen LogP contribution in [0, 0.1) is 12.8 Å². The van der Waals surface area contributed by atoms with Crippen LogP contribution in [0.4, 0.5) is 0 Å². The van der Waals surface area contributed by atoms with Crippen molar-refractivity contribution in [2.75, 3.05) is 0 Å². The van der Waals surface area contributed by atoms with Gasteiger partial charge in [-0.1, -0.05) is 12.8 Å². The third kappa shape index (κ3) is 2.91. The van der Waals surface area contributed by atoms with Crippen LogP contribution < -0.4 is 5.32 Å². The Morgan fingerprint density at radius 3 is 2.85 bits per heavy atom. The lowest BCUT2D eigenvalue weighted by molar-refractivity contribution is -0.130. The van der Waals surface area contributed by atoms with E-state index in [4.69, 9.17) is 4.74 Å². The highest BCUT2D eigenvalue weighted by molar-refractivity contribution is 7.12. The first-order valence-electron chi connectivity index (χ1n) is 7.62. The second-order valence-electron chi connectivity index (χ2n) is 6.10. The molecule has 2 fully saturated rings. The van der Waals surface area contributed by atoms with E-state index in [0.29, 0.717) is 12.0 Å². The molecule has 20 heavy (non-hydrogen) atoms. The number of rotatable bonds is 2. The number of hydrogen-bond acceptors (Lipinski definition) is 3. The van der Waals surface area contributed by atoms with Crippen LogP contribution in [0.2, 0.25) is 0 Å². The molecule has 1 aliphatic carbocycles. The Bertz CT molecular complexity index is 485. The molecular formula is C16H23NO2S. The lowest BCUT2D eigenvalue weighted by Crippen LogP contribution is -2.50. The molecule has 0 radical (unpaired) electrons. The van der Waals surface area contributed by atoms with Gasteiger partial charge in [0, 0.05) is 28.6 Å². The number of fused-ring (bicyclic) bond motifs is 1. The molecule has 4 heteroatoms.